The Morgan fingerprint density at radius 3 is 2.67 bits per heavy atom. The molecule has 0 unspecified atom stereocenters. The van der Waals surface area contributed by atoms with Crippen molar-refractivity contribution in [1.29, 1.82) is 0 Å². The summed E-state index contributed by atoms with van der Waals surface area (Å²) < 4.78 is 1.97. The maximum atomic E-state index is 5.61. The van der Waals surface area contributed by atoms with E-state index in [1.807, 2.05) is 29.1 Å². The summed E-state index contributed by atoms with van der Waals surface area (Å²) in [6.45, 7) is 2.43. The molecule has 1 saturated heterocycles. The second-order valence-corrected chi connectivity index (χ2v) is 6.83. The third-order valence-corrected chi connectivity index (χ3v) is 5.34. The molecule has 3 heterocycles. The fraction of sp³-hybridized carbons (Fsp3) is 0.353. The van der Waals surface area contributed by atoms with Crippen LogP contribution < -0.4 is 10.6 Å². The fourth-order valence-corrected chi connectivity index (χ4v) is 3.95. The molecule has 1 aromatic carbocycles. The van der Waals surface area contributed by atoms with Gasteiger partial charge >= 0.3 is 0 Å². The zero-order valence-corrected chi connectivity index (χ0v) is 14.2. The van der Waals surface area contributed by atoms with Gasteiger partial charge in [0.1, 0.15) is 0 Å². The molecular formula is C17H20N6S. The summed E-state index contributed by atoms with van der Waals surface area (Å²) in [5.41, 5.74) is 8.69. The smallest absolute Gasteiger partial charge is 0.185 e. The van der Waals surface area contributed by atoms with Gasteiger partial charge in [-0.15, -0.1) is 16.4 Å². The van der Waals surface area contributed by atoms with Gasteiger partial charge in [-0.1, -0.05) is 35.5 Å². The molecule has 0 bridgehead atoms. The van der Waals surface area contributed by atoms with Gasteiger partial charge in [0.2, 0.25) is 0 Å². The molecule has 0 saturated carbocycles. The lowest BCUT2D eigenvalue weighted by Crippen LogP contribution is -2.34. The van der Waals surface area contributed by atoms with Gasteiger partial charge in [0.25, 0.3) is 0 Å². The molecule has 4 rings (SSSR count). The lowest BCUT2D eigenvalue weighted by molar-refractivity contribution is 0.360. The van der Waals surface area contributed by atoms with Crippen LogP contribution in [-0.4, -0.2) is 33.1 Å². The van der Waals surface area contributed by atoms with Crippen molar-refractivity contribution < 1.29 is 0 Å². The number of rotatable bonds is 4. The van der Waals surface area contributed by atoms with E-state index in [4.69, 9.17) is 10.7 Å². The average Bonchev–Trinajstić information content (AvgIpc) is 3.32. The Labute approximate surface area is 144 Å². The van der Waals surface area contributed by atoms with Crippen molar-refractivity contribution in [3.8, 4) is 11.3 Å². The van der Waals surface area contributed by atoms with Crippen LogP contribution in [0.3, 0.4) is 0 Å². The highest BCUT2D eigenvalue weighted by Crippen LogP contribution is 2.31. The molecule has 2 aromatic heterocycles. The molecule has 0 radical (unpaired) electrons. The first-order chi connectivity index (χ1) is 11.8. The highest BCUT2D eigenvalue weighted by atomic mass is 32.1. The van der Waals surface area contributed by atoms with Crippen molar-refractivity contribution >= 4 is 16.5 Å². The second kappa shape index (κ2) is 6.70. The number of nitrogens with zero attached hydrogens (tertiary/aromatic N) is 5. The lowest BCUT2D eigenvalue weighted by Gasteiger charge is -2.31. The monoisotopic (exact) mass is 340 g/mol. The minimum Gasteiger partial charge on any atom is -0.348 e. The number of nitrogens with two attached hydrogens (primary N) is 1. The van der Waals surface area contributed by atoms with Crippen molar-refractivity contribution in [1.82, 2.24) is 20.0 Å². The number of aromatic nitrogens is 4. The van der Waals surface area contributed by atoms with E-state index in [0.29, 0.717) is 12.6 Å². The SMILES string of the molecule is NCc1cn(C2CCN(c3nc(-c4ccccc4)cs3)CC2)nn1. The standard InChI is InChI=1S/C17H20N6S/c18-10-14-11-23(21-20-14)15-6-8-22(9-7-15)17-19-16(12-24-17)13-4-2-1-3-5-13/h1-5,11-12,15H,6-10,18H2. The van der Waals surface area contributed by atoms with Crippen LogP contribution in [0.15, 0.2) is 41.9 Å². The number of hydrogen-bond acceptors (Lipinski definition) is 6. The first-order valence-electron chi connectivity index (χ1n) is 8.20. The quantitative estimate of drug-likeness (QED) is 0.790. The molecule has 2 N–H and O–H groups in total. The van der Waals surface area contributed by atoms with Gasteiger partial charge in [-0.3, -0.25) is 0 Å². The van der Waals surface area contributed by atoms with E-state index in [2.05, 4.69) is 32.7 Å². The predicted molar refractivity (Wildman–Crippen MR) is 95.9 cm³/mol. The highest BCUT2D eigenvalue weighted by molar-refractivity contribution is 7.14. The first-order valence-corrected chi connectivity index (χ1v) is 9.08. The minimum absolute atomic E-state index is 0.405. The van der Waals surface area contributed by atoms with Crippen LogP contribution in [0.25, 0.3) is 11.3 Å². The fourth-order valence-electron chi connectivity index (χ4n) is 3.06. The van der Waals surface area contributed by atoms with Crippen LogP contribution in [0, 0.1) is 0 Å². The lowest BCUT2D eigenvalue weighted by atomic mass is 10.1. The Morgan fingerprint density at radius 2 is 1.96 bits per heavy atom. The van der Waals surface area contributed by atoms with Crippen LogP contribution in [0.1, 0.15) is 24.6 Å². The first kappa shape index (κ1) is 15.3. The third kappa shape index (κ3) is 3.05. The van der Waals surface area contributed by atoms with Crippen molar-refractivity contribution in [3.05, 3.63) is 47.6 Å². The largest absolute Gasteiger partial charge is 0.348 e. The molecule has 24 heavy (non-hydrogen) atoms. The highest BCUT2D eigenvalue weighted by Gasteiger charge is 2.23. The normalized spacial score (nSPS) is 15.8. The van der Waals surface area contributed by atoms with E-state index < -0.39 is 0 Å². The zero-order valence-electron chi connectivity index (χ0n) is 13.4. The van der Waals surface area contributed by atoms with Crippen molar-refractivity contribution in [3.63, 3.8) is 0 Å². The molecule has 7 heteroatoms. The summed E-state index contributed by atoms with van der Waals surface area (Å²) in [6.07, 6.45) is 4.07. The summed E-state index contributed by atoms with van der Waals surface area (Å²) in [5.74, 6) is 0. The molecule has 0 spiro atoms. The molecule has 0 amide bonds. The molecule has 1 fully saturated rings. The zero-order chi connectivity index (χ0) is 16.4. The second-order valence-electron chi connectivity index (χ2n) is 5.99. The van der Waals surface area contributed by atoms with Crippen molar-refractivity contribution in [2.75, 3.05) is 18.0 Å². The maximum Gasteiger partial charge on any atom is 0.185 e. The van der Waals surface area contributed by atoms with E-state index in [0.717, 1.165) is 42.5 Å². The average molecular weight is 340 g/mol. The molecule has 6 nitrogen and oxygen atoms in total. The molecule has 124 valence electrons. The summed E-state index contributed by atoms with van der Waals surface area (Å²) in [7, 11) is 0. The number of thiazole rings is 1. The van der Waals surface area contributed by atoms with E-state index >= 15 is 0 Å². The van der Waals surface area contributed by atoms with Crippen LogP contribution >= 0.6 is 11.3 Å². The van der Waals surface area contributed by atoms with Crippen LogP contribution in [0.5, 0.6) is 0 Å². The van der Waals surface area contributed by atoms with Gasteiger partial charge in [-0.05, 0) is 12.8 Å². The molecule has 1 aliphatic rings. The van der Waals surface area contributed by atoms with E-state index in [-0.39, 0.29) is 0 Å². The molecular weight excluding hydrogens is 320 g/mol. The van der Waals surface area contributed by atoms with Crippen LogP contribution in [-0.2, 0) is 6.54 Å². The maximum absolute atomic E-state index is 5.61. The Hall–Kier alpha value is -2.25. The minimum atomic E-state index is 0.405. The summed E-state index contributed by atoms with van der Waals surface area (Å²) >= 11 is 1.72. The summed E-state index contributed by atoms with van der Waals surface area (Å²) in [4.78, 5) is 7.18. The predicted octanol–water partition coefficient (Wildman–Crippen LogP) is 2.70. The van der Waals surface area contributed by atoms with Crippen LogP contribution in [0.2, 0.25) is 0 Å². The number of hydrogen-bond donors (Lipinski definition) is 1. The Kier molecular flexibility index (Phi) is 4.27. The van der Waals surface area contributed by atoms with Crippen LogP contribution in [0.4, 0.5) is 5.13 Å². The number of anilines is 1. The number of piperidine rings is 1. The molecule has 0 aliphatic carbocycles. The third-order valence-electron chi connectivity index (χ3n) is 4.44. The molecule has 3 aromatic rings. The Bertz CT molecular complexity index is 788. The van der Waals surface area contributed by atoms with Crippen molar-refractivity contribution in [2.24, 2.45) is 5.73 Å². The van der Waals surface area contributed by atoms with E-state index in [1.54, 1.807) is 11.3 Å². The van der Waals surface area contributed by atoms with E-state index in [9.17, 15) is 0 Å². The van der Waals surface area contributed by atoms with Gasteiger partial charge < -0.3 is 10.6 Å². The summed E-state index contributed by atoms with van der Waals surface area (Å²) in [5, 5.41) is 11.5. The Balaban J connectivity index is 1.42. The van der Waals surface area contributed by atoms with Crippen molar-refractivity contribution in [2.45, 2.75) is 25.4 Å². The topological polar surface area (TPSA) is 72.9 Å². The molecule has 1 aliphatic heterocycles. The number of benzene rings is 1. The van der Waals surface area contributed by atoms with E-state index in [1.165, 1.54) is 5.56 Å². The Morgan fingerprint density at radius 1 is 1.17 bits per heavy atom. The van der Waals surface area contributed by atoms with Gasteiger partial charge in [-0.2, -0.15) is 0 Å². The van der Waals surface area contributed by atoms with Gasteiger partial charge in [0, 0.05) is 30.6 Å². The van der Waals surface area contributed by atoms with Gasteiger partial charge in [0.15, 0.2) is 5.13 Å². The van der Waals surface area contributed by atoms with Gasteiger partial charge in [0.05, 0.1) is 23.6 Å². The van der Waals surface area contributed by atoms with Gasteiger partial charge in [-0.25, -0.2) is 9.67 Å². The molecule has 0 atom stereocenters. The summed E-state index contributed by atoms with van der Waals surface area (Å²) in [6, 6.07) is 10.7.